The number of rotatable bonds is 16. The molecule has 0 radical (unpaired) electrons. The van der Waals surface area contributed by atoms with E-state index in [2.05, 4.69) is 33.8 Å². The van der Waals surface area contributed by atoms with Gasteiger partial charge in [-0.3, -0.25) is 9.59 Å². The minimum atomic E-state index is -2.17. The number of aliphatic hydroxyl groups is 14. The molecule has 15 N–H and O–H groups in total. The topological polar surface area (TPSA) is 465 Å². The third-order valence-electron chi connectivity index (χ3n) is 23.8. The Labute approximate surface area is 532 Å². The normalized spacial score (nSPS) is 52.6. The maximum Gasteiger partial charge on any atom is 0.335 e. The molecule has 10 rings (SSSR count). The Kier molecular flexibility index (Phi) is 21.0. The molecule has 0 unspecified atom stereocenters. The summed E-state index contributed by atoms with van der Waals surface area (Å²) in [5.74, 6) is -3.56. The molecule has 0 aromatic rings. The number of hydrogen-bond acceptors (Lipinski definition) is 29. The van der Waals surface area contributed by atoms with E-state index < -0.39 is 224 Å². The molecule has 0 aromatic carbocycles. The molecule has 0 bridgehead atoms. The molecular formula is C62H98O30. The number of carbonyl (C=O) groups excluding carboxylic acids is 2. The molecule has 30 nitrogen and oxygen atoms in total. The number of fused-ring (bicyclic) bond motifs is 7. The van der Waals surface area contributed by atoms with Crippen LogP contribution in [-0.2, 0) is 71.2 Å². The van der Waals surface area contributed by atoms with Gasteiger partial charge in [-0.2, -0.15) is 0 Å². The molecule has 0 aromatic heterocycles. The molecule has 34 atom stereocenters. The second-order valence-electron chi connectivity index (χ2n) is 29.5. The number of aliphatic carboxylic acids is 1. The maximum absolute atomic E-state index is 12.7. The monoisotopic (exact) mass is 1320 g/mol. The zero-order valence-corrected chi connectivity index (χ0v) is 53.3. The number of aliphatic hydroxyl groups excluding tert-OH is 14. The molecule has 0 spiro atoms. The summed E-state index contributed by atoms with van der Waals surface area (Å²) >= 11 is 0. The highest BCUT2D eigenvalue weighted by Gasteiger charge is 2.71. The van der Waals surface area contributed by atoms with Crippen molar-refractivity contribution in [3.05, 3.63) is 11.6 Å². The Bertz CT molecular complexity index is 2650. The summed E-state index contributed by atoms with van der Waals surface area (Å²) in [5, 5.41) is 166. The third kappa shape index (κ3) is 12.2. The maximum atomic E-state index is 12.7. The van der Waals surface area contributed by atoms with Crippen LogP contribution in [0.5, 0.6) is 0 Å². The van der Waals surface area contributed by atoms with Crippen molar-refractivity contribution in [2.24, 2.45) is 50.2 Å². The van der Waals surface area contributed by atoms with Gasteiger partial charge in [-0.25, -0.2) is 4.79 Å². The van der Waals surface area contributed by atoms with Crippen LogP contribution >= 0.6 is 0 Å². The molecule has 92 heavy (non-hydrogen) atoms. The van der Waals surface area contributed by atoms with Crippen LogP contribution in [0.15, 0.2) is 11.6 Å². The highest BCUT2D eigenvalue weighted by Crippen LogP contribution is 2.76. The molecule has 0 amide bonds. The van der Waals surface area contributed by atoms with Crippen LogP contribution in [0.1, 0.15) is 114 Å². The highest BCUT2D eigenvalue weighted by molar-refractivity contribution is 5.73. The minimum absolute atomic E-state index is 0.0197. The molecular weight excluding hydrogens is 1220 g/mol. The van der Waals surface area contributed by atoms with Crippen molar-refractivity contribution >= 4 is 17.9 Å². The number of carboxylic acid groups (broad SMARTS) is 1. The largest absolute Gasteiger partial charge is 0.479 e. The Balaban J connectivity index is 0.882. The summed E-state index contributed by atoms with van der Waals surface area (Å²) in [6.07, 6.45) is -36.8. The predicted molar refractivity (Wildman–Crippen MR) is 306 cm³/mol. The molecule has 5 aliphatic heterocycles. The summed E-state index contributed by atoms with van der Waals surface area (Å²) in [4.78, 5) is 36.6. The quantitative estimate of drug-likeness (QED) is 0.0409. The van der Waals surface area contributed by atoms with E-state index in [4.69, 9.17) is 56.8 Å². The zero-order chi connectivity index (χ0) is 67.4. The van der Waals surface area contributed by atoms with Gasteiger partial charge in [0.05, 0.1) is 51.3 Å². The van der Waals surface area contributed by atoms with E-state index in [1.165, 1.54) is 5.57 Å². The van der Waals surface area contributed by atoms with Crippen molar-refractivity contribution in [1.29, 1.82) is 0 Å². The summed E-state index contributed by atoms with van der Waals surface area (Å²) in [6.45, 7) is 14.1. The third-order valence-corrected chi connectivity index (χ3v) is 23.8. The average Bonchev–Trinajstić information content (AvgIpc) is 0.675. The van der Waals surface area contributed by atoms with E-state index in [9.17, 15) is 91.0 Å². The fraction of sp³-hybridized carbons (Fsp3) is 0.919. The second-order valence-corrected chi connectivity index (χ2v) is 29.5. The lowest BCUT2D eigenvalue weighted by Gasteiger charge is -2.72. The van der Waals surface area contributed by atoms with Gasteiger partial charge >= 0.3 is 17.9 Å². The zero-order valence-electron chi connectivity index (χ0n) is 53.3. The lowest BCUT2D eigenvalue weighted by molar-refractivity contribution is -0.397. The van der Waals surface area contributed by atoms with Crippen LogP contribution in [0.4, 0.5) is 0 Å². The van der Waals surface area contributed by atoms with Crippen molar-refractivity contribution in [2.75, 3.05) is 33.0 Å². The van der Waals surface area contributed by atoms with Crippen LogP contribution in [0.25, 0.3) is 0 Å². The molecule has 5 aliphatic carbocycles. The van der Waals surface area contributed by atoms with Crippen LogP contribution in [0, 0.1) is 50.2 Å². The van der Waals surface area contributed by atoms with Crippen molar-refractivity contribution < 1.29 is 148 Å². The van der Waals surface area contributed by atoms with Crippen molar-refractivity contribution in [3.63, 3.8) is 0 Å². The predicted octanol–water partition coefficient (Wildman–Crippen LogP) is -3.28. The van der Waals surface area contributed by atoms with Crippen LogP contribution < -0.4 is 0 Å². The Morgan fingerprint density at radius 3 is 1.73 bits per heavy atom. The van der Waals surface area contributed by atoms with Gasteiger partial charge < -0.3 is 133 Å². The van der Waals surface area contributed by atoms with Crippen LogP contribution in [-0.4, -0.2) is 287 Å². The number of carboxylic acids is 1. The highest BCUT2D eigenvalue weighted by atomic mass is 16.8. The number of hydrogen-bond donors (Lipinski definition) is 15. The number of carbonyl (C=O) groups is 3. The smallest absolute Gasteiger partial charge is 0.335 e. The number of ether oxygens (including phenoxy) is 12. The second kappa shape index (κ2) is 26.8. The summed E-state index contributed by atoms with van der Waals surface area (Å²) in [5.41, 5.74) is -2.62. The van der Waals surface area contributed by atoms with Gasteiger partial charge in [0.1, 0.15) is 91.6 Å². The van der Waals surface area contributed by atoms with Crippen LogP contribution in [0.3, 0.4) is 0 Å². The number of allylic oxidation sites excluding steroid dienone is 2. The van der Waals surface area contributed by atoms with E-state index in [-0.39, 0.29) is 42.8 Å². The van der Waals surface area contributed by atoms with Crippen molar-refractivity contribution in [2.45, 2.75) is 273 Å². The summed E-state index contributed by atoms with van der Waals surface area (Å²) < 4.78 is 71.3. The van der Waals surface area contributed by atoms with Gasteiger partial charge in [-0.15, -0.1) is 0 Å². The molecule has 4 saturated carbocycles. The van der Waals surface area contributed by atoms with Gasteiger partial charge in [0.2, 0.25) is 0 Å². The first-order valence-corrected chi connectivity index (χ1v) is 32.1. The molecule has 5 saturated heterocycles. The standard InChI is InChI=1S/C62H98O30/c1-24(66)83-31-22-82-52(43(77)45(31)84-25(2)67)88-44-28(68)21-81-53(42(44)76)92-50-49(78)57(3,4)18-27-26-10-11-33-59(6)14-13-34(60(7,23-65)32(59)12-15-62(33,9)61(26,8)17-16-58(27,50)5)87-56-48(40(74)39(73)46(89-56)51(79)80)91-55-47(38(72)36(70)30(20-64)86-55)90-54-41(75)37(71)35(69)29(19-63)85-54/h10,27-50,52-56,63-65,68-78H,11-23H2,1-9H3,(H,79,80)/t27-,28-,29+,30+,31+,32+,33+,34-,35+,36-,37-,38-,39-,40-,41+,42+,43+,44-,45-,46-,47+,48+,49-,50+,52-,53+,54-,55-,56+,58+,59+,60+,61-,62-/m0/s1. The molecule has 9 fully saturated rings. The summed E-state index contributed by atoms with van der Waals surface area (Å²) in [6, 6.07) is 0. The Morgan fingerprint density at radius 2 is 1.11 bits per heavy atom. The first kappa shape index (κ1) is 71.9. The van der Waals surface area contributed by atoms with E-state index in [1.807, 2.05) is 20.8 Å². The lowest BCUT2D eigenvalue weighted by atomic mass is 9.33. The van der Waals surface area contributed by atoms with Gasteiger partial charge in [0.15, 0.2) is 49.8 Å². The van der Waals surface area contributed by atoms with E-state index in [0.29, 0.717) is 44.9 Å². The Hall–Kier alpha value is -2.81. The fourth-order valence-corrected chi connectivity index (χ4v) is 18.3. The van der Waals surface area contributed by atoms with Crippen molar-refractivity contribution in [1.82, 2.24) is 0 Å². The molecule has 10 aliphatic rings. The number of esters is 2. The average molecular weight is 1320 g/mol. The first-order valence-electron chi connectivity index (χ1n) is 32.1. The summed E-state index contributed by atoms with van der Waals surface area (Å²) in [7, 11) is 0. The van der Waals surface area contributed by atoms with Gasteiger partial charge in [-0.05, 0) is 90.8 Å². The Morgan fingerprint density at radius 1 is 0.543 bits per heavy atom. The molecule has 30 heteroatoms. The van der Waals surface area contributed by atoms with E-state index in [0.717, 1.165) is 13.8 Å². The van der Waals surface area contributed by atoms with E-state index >= 15 is 0 Å². The molecule has 5 heterocycles. The van der Waals surface area contributed by atoms with Crippen molar-refractivity contribution in [3.8, 4) is 0 Å². The lowest BCUT2D eigenvalue weighted by Crippen LogP contribution is -2.69. The minimum Gasteiger partial charge on any atom is -0.479 e. The van der Waals surface area contributed by atoms with Crippen LogP contribution in [0.2, 0.25) is 0 Å². The molecule has 526 valence electrons. The van der Waals surface area contributed by atoms with Gasteiger partial charge in [0.25, 0.3) is 0 Å². The van der Waals surface area contributed by atoms with Gasteiger partial charge in [-0.1, -0.05) is 60.1 Å². The first-order chi connectivity index (χ1) is 43.1. The van der Waals surface area contributed by atoms with Gasteiger partial charge in [0, 0.05) is 24.7 Å². The fourth-order valence-electron chi connectivity index (χ4n) is 18.3. The SMILES string of the molecule is CC(=O)O[C@@H]1[C@@H](O)[C@H](O[C@@H]2[C@@H](O)[C@@H](O[C@@H]3[C@H](O)C(C)(C)C[C@H]4C5=CC[C@@H]6[C@]7(C)CC[C@H](O[C@@H]8O[C@H](C(=O)O)[C@@H](O)[C@H](O)[C@H]8O[C@@H]8O[C@H](CO)[C@H](O)[C@H](O)[C@H]8O[C@@H]8O[C@H](CO)[C@@H](O)[C@H](O)[C@H]8O)[C@](C)(CO)[C@@H]7CC[C@]6(C)[C@@]5(C)CC[C@@]34C)OC[C@@H]2O)OC[C@H]1OC(C)=O. The van der Waals surface area contributed by atoms with E-state index in [1.54, 1.807) is 0 Å².